The monoisotopic (exact) mass is 412 g/mol. The number of ether oxygens (including phenoxy) is 1. The third kappa shape index (κ3) is 3.41. The van der Waals surface area contributed by atoms with Gasteiger partial charge in [0.05, 0.1) is 22.2 Å². The molecule has 1 heterocycles. The van der Waals surface area contributed by atoms with Crippen LogP contribution in [-0.2, 0) is 0 Å². The summed E-state index contributed by atoms with van der Waals surface area (Å²) in [5.74, 6) is 0.671. The van der Waals surface area contributed by atoms with Gasteiger partial charge in [-0.1, -0.05) is 41.4 Å². The Bertz CT molecular complexity index is 1020. The molecule has 3 aromatic carbocycles. The van der Waals surface area contributed by atoms with Gasteiger partial charge in [0.2, 0.25) is 0 Å². The number of carbonyl (C=O) groups is 1. The molecule has 0 fully saturated rings. The highest BCUT2D eigenvalue weighted by atomic mass is 35.5. The molecule has 0 saturated carbocycles. The molecule has 1 atom stereocenters. The average molecular weight is 413 g/mol. The van der Waals surface area contributed by atoms with E-state index in [0.29, 0.717) is 22.2 Å². The molecule has 0 bridgehead atoms. The SMILES string of the molecule is CCOc1ccc(N2C(=O)c3ccccc3N[C@H]2c2ccc(Cl)c(Cl)c2)cc1. The van der Waals surface area contributed by atoms with Gasteiger partial charge in [0.25, 0.3) is 5.91 Å². The highest BCUT2D eigenvalue weighted by molar-refractivity contribution is 6.42. The number of nitrogens with one attached hydrogen (secondary N) is 1. The minimum absolute atomic E-state index is 0.0883. The van der Waals surface area contributed by atoms with E-state index in [1.165, 1.54) is 0 Å². The van der Waals surface area contributed by atoms with E-state index in [9.17, 15) is 4.79 Å². The van der Waals surface area contributed by atoms with Crippen LogP contribution in [0.2, 0.25) is 10.0 Å². The van der Waals surface area contributed by atoms with Crippen molar-refractivity contribution in [1.82, 2.24) is 0 Å². The fourth-order valence-electron chi connectivity index (χ4n) is 3.31. The van der Waals surface area contributed by atoms with Crippen LogP contribution in [0.15, 0.2) is 66.7 Å². The van der Waals surface area contributed by atoms with Gasteiger partial charge < -0.3 is 10.1 Å². The first-order valence-electron chi connectivity index (χ1n) is 8.95. The number of halogens is 2. The zero-order valence-corrected chi connectivity index (χ0v) is 16.7. The van der Waals surface area contributed by atoms with E-state index in [2.05, 4.69) is 5.32 Å². The molecule has 0 spiro atoms. The lowest BCUT2D eigenvalue weighted by molar-refractivity contribution is 0.0975. The van der Waals surface area contributed by atoms with E-state index in [4.69, 9.17) is 27.9 Å². The second-order valence-electron chi connectivity index (χ2n) is 6.37. The molecular formula is C22H18Cl2N2O2. The largest absolute Gasteiger partial charge is 0.494 e. The van der Waals surface area contributed by atoms with Gasteiger partial charge in [-0.25, -0.2) is 0 Å². The molecule has 3 aromatic rings. The second-order valence-corrected chi connectivity index (χ2v) is 7.18. The minimum Gasteiger partial charge on any atom is -0.494 e. The Morgan fingerprint density at radius 1 is 1.00 bits per heavy atom. The quantitative estimate of drug-likeness (QED) is 0.557. The number of anilines is 2. The molecule has 4 nitrogen and oxygen atoms in total. The number of hydrogen-bond donors (Lipinski definition) is 1. The Kier molecular flexibility index (Phi) is 5.16. The Labute approximate surface area is 173 Å². The summed E-state index contributed by atoms with van der Waals surface area (Å²) in [6, 6.07) is 20.3. The number of hydrogen-bond acceptors (Lipinski definition) is 3. The normalized spacial score (nSPS) is 15.8. The number of rotatable bonds is 4. The topological polar surface area (TPSA) is 41.6 Å². The first-order chi connectivity index (χ1) is 13.6. The van der Waals surface area contributed by atoms with Gasteiger partial charge >= 0.3 is 0 Å². The molecule has 0 unspecified atom stereocenters. The minimum atomic E-state index is -0.421. The fourth-order valence-corrected chi connectivity index (χ4v) is 3.61. The third-order valence-corrected chi connectivity index (χ3v) is 5.35. The molecule has 1 aliphatic rings. The lowest BCUT2D eigenvalue weighted by Crippen LogP contribution is -2.43. The Morgan fingerprint density at radius 3 is 2.46 bits per heavy atom. The van der Waals surface area contributed by atoms with E-state index in [1.807, 2.05) is 61.5 Å². The fraction of sp³-hybridized carbons (Fsp3) is 0.136. The summed E-state index contributed by atoms with van der Waals surface area (Å²) in [6.07, 6.45) is -0.421. The molecule has 1 aliphatic heterocycles. The van der Waals surface area contributed by atoms with Crippen molar-refractivity contribution < 1.29 is 9.53 Å². The molecule has 142 valence electrons. The number of fused-ring (bicyclic) bond motifs is 1. The van der Waals surface area contributed by atoms with Crippen molar-refractivity contribution in [3.05, 3.63) is 87.9 Å². The standard InChI is InChI=1S/C22H18Cl2N2O2/c1-2-28-16-10-8-15(9-11-16)26-21(14-7-12-18(23)19(24)13-14)25-20-6-4-3-5-17(20)22(26)27/h3-13,21,25H,2H2,1H3/t21-/m1/s1. The van der Waals surface area contributed by atoms with Crippen molar-refractivity contribution in [2.24, 2.45) is 0 Å². The molecule has 1 N–H and O–H groups in total. The van der Waals surface area contributed by atoms with Gasteiger partial charge in [-0.05, 0) is 61.0 Å². The maximum absolute atomic E-state index is 13.4. The van der Waals surface area contributed by atoms with Crippen molar-refractivity contribution in [3.8, 4) is 5.75 Å². The summed E-state index contributed by atoms with van der Waals surface area (Å²) >= 11 is 12.3. The van der Waals surface area contributed by atoms with Gasteiger partial charge in [-0.15, -0.1) is 0 Å². The van der Waals surface area contributed by atoms with Gasteiger partial charge in [0.15, 0.2) is 0 Å². The van der Waals surface area contributed by atoms with Crippen molar-refractivity contribution in [3.63, 3.8) is 0 Å². The molecule has 4 rings (SSSR count). The second kappa shape index (κ2) is 7.74. The van der Waals surface area contributed by atoms with E-state index < -0.39 is 6.17 Å². The summed E-state index contributed by atoms with van der Waals surface area (Å²) < 4.78 is 5.52. The van der Waals surface area contributed by atoms with Crippen molar-refractivity contribution >= 4 is 40.5 Å². The van der Waals surface area contributed by atoms with Gasteiger partial charge in [0.1, 0.15) is 11.9 Å². The van der Waals surface area contributed by atoms with Crippen LogP contribution in [-0.4, -0.2) is 12.5 Å². The number of amides is 1. The molecule has 28 heavy (non-hydrogen) atoms. The Hall–Kier alpha value is -2.69. The number of nitrogens with zero attached hydrogens (tertiary/aromatic N) is 1. The zero-order valence-electron chi connectivity index (χ0n) is 15.2. The summed E-state index contributed by atoms with van der Waals surface area (Å²) in [4.78, 5) is 15.1. The molecule has 0 aromatic heterocycles. The maximum Gasteiger partial charge on any atom is 0.262 e. The van der Waals surface area contributed by atoms with E-state index >= 15 is 0 Å². The van der Waals surface area contributed by atoms with Crippen molar-refractivity contribution in [2.45, 2.75) is 13.1 Å². The molecule has 0 radical (unpaired) electrons. The highest BCUT2D eigenvalue weighted by Gasteiger charge is 2.34. The molecule has 0 aliphatic carbocycles. The van der Waals surface area contributed by atoms with Crippen LogP contribution >= 0.6 is 23.2 Å². The summed E-state index contributed by atoms with van der Waals surface area (Å²) in [5, 5.41) is 4.37. The molecular weight excluding hydrogens is 395 g/mol. The first-order valence-corrected chi connectivity index (χ1v) is 9.71. The van der Waals surface area contributed by atoms with Crippen LogP contribution in [0.4, 0.5) is 11.4 Å². The lowest BCUT2D eigenvalue weighted by atomic mass is 10.0. The molecule has 1 amide bonds. The summed E-state index contributed by atoms with van der Waals surface area (Å²) in [7, 11) is 0. The van der Waals surface area contributed by atoms with Crippen LogP contribution < -0.4 is 15.0 Å². The first kappa shape index (κ1) is 18.7. The predicted molar refractivity (Wildman–Crippen MR) is 114 cm³/mol. The van der Waals surface area contributed by atoms with Crippen molar-refractivity contribution in [1.29, 1.82) is 0 Å². The van der Waals surface area contributed by atoms with E-state index in [1.54, 1.807) is 17.0 Å². The van der Waals surface area contributed by atoms with E-state index in [0.717, 1.165) is 22.7 Å². The smallest absolute Gasteiger partial charge is 0.262 e. The maximum atomic E-state index is 13.4. The van der Waals surface area contributed by atoms with Crippen LogP contribution in [0.1, 0.15) is 29.0 Å². The van der Waals surface area contributed by atoms with Gasteiger partial charge in [-0.3, -0.25) is 9.69 Å². The molecule has 6 heteroatoms. The number of para-hydroxylation sites is 1. The van der Waals surface area contributed by atoms with Gasteiger partial charge in [-0.2, -0.15) is 0 Å². The van der Waals surface area contributed by atoms with Gasteiger partial charge in [0, 0.05) is 11.4 Å². The Morgan fingerprint density at radius 2 is 1.75 bits per heavy atom. The number of benzene rings is 3. The third-order valence-electron chi connectivity index (χ3n) is 4.61. The predicted octanol–water partition coefficient (Wildman–Crippen LogP) is 6.16. The molecule has 0 saturated heterocycles. The summed E-state index contributed by atoms with van der Waals surface area (Å²) in [6.45, 7) is 2.52. The van der Waals surface area contributed by atoms with Crippen LogP contribution in [0, 0.1) is 0 Å². The van der Waals surface area contributed by atoms with Crippen molar-refractivity contribution in [2.75, 3.05) is 16.8 Å². The average Bonchev–Trinajstić information content (AvgIpc) is 2.71. The van der Waals surface area contributed by atoms with E-state index in [-0.39, 0.29) is 5.91 Å². The number of carbonyl (C=O) groups excluding carboxylic acids is 1. The highest BCUT2D eigenvalue weighted by Crippen LogP contribution is 2.38. The zero-order chi connectivity index (χ0) is 19.7. The van der Waals surface area contributed by atoms with Crippen LogP contribution in [0.5, 0.6) is 5.75 Å². The van der Waals surface area contributed by atoms with Crippen LogP contribution in [0.25, 0.3) is 0 Å². The van der Waals surface area contributed by atoms with Crippen LogP contribution in [0.3, 0.4) is 0 Å². The Balaban J connectivity index is 1.81. The summed E-state index contributed by atoms with van der Waals surface area (Å²) in [5.41, 5.74) is 3.00. The lowest BCUT2D eigenvalue weighted by Gasteiger charge is -2.38.